The van der Waals surface area contributed by atoms with Crippen LogP contribution in [0.1, 0.15) is 35.6 Å². The molecule has 0 aliphatic carbocycles. The van der Waals surface area contributed by atoms with Crippen LogP contribution >= 0.6 is 0 Å². The maximum atomic E-state index is 12.4. The average molecular weight is 421 g/mol. The van der Waals surface area contributed by atoms with E-state index in [9.17, 15) is 15.0 Å². The summed E-state index contributed by atoms with van der Waals surface area (Å²) < 4.78 is 5.29. The number of rotatable bonds is 10. The lowest BCUT2D eigenvalue weighted by molar-refractivity contribution is 0.00398. The standard InChI is InChI=1S/C25H28N2O4/c28-23(14-13-19-8-3-1-4-9-19)24(29)16-22(21-11-5-2-6-12-21)27-25(30)31-18-20-10-7-15-26-17-20/h1-12,15,17,22-24,28-29H,13-14,16,18H2,(H,27,30). The van der Waals surface area contributed by atoms with Gasteiger partial charge >= 0.3 is 6.09 Å². The number of carbonyl (C=O) groups excluding carboxylic acids is 1. The molecule has 31 heavy (non-hydrogen) atoms. The Bertz CT molecular complexity index is 907. The molecule has 3 atom stereocenters. The maximum Gasteiger partial charge on any atom is 0.407 e. The van der Waals surface area contributed by atoms with E-state index in [1.165, 1.54) is 0 Å². The van der Waals surface area contributed by atoms with Crippen molar-refractivity contribution in [1.82, 2.24) is 10.3 Å². The molecule has 0 bridgehead atoms. The van der Waals surface area contributed by atoms with E-state index in [0.717, 1.165) is 16.7 Å². The predicted molar refractivity (Wildman–Crippen MR) is 118 cm³/mol. The van der Waals surface area contributed by atoms with Crippen molar-refractivity contribution in [3.8, 4) is 0 Å². The molecule has 0 saturated heterocycles. The maximum absolute atomic E-state index is 12.4. The molecular formula is C25H28N2O4. The Morgan fingerprint density at radius 3 is 2.26 bits per heavy atom. The van der Waals surface area contributed by atoms with E-state index in [1.54, 1.807) is 18.5 Å². The van der Waals surface area contributed by atoms with Gasteiger partial charge in [0.15, 0.2) is 0 Å². The number of aliphatic hydroxyl groups excluding tert-OH is 2. The van der Waals surface area contributed by atoms with E-state index in [0.29, 0.717) is 12.8 Å². The molecule has 1 amide bonds. The summed E-state index contributed by atoms with van der Waals surface area (Å²) in [6.45, 7) is 0.101. The highest BCUT2D eigenvalue weighted by atomic mass is 16.5. The lowest BCUT2D eigenvalue weighted by Gasteiger charge is -2.25. The quantitative estimate of drug-likeness (QED) is 0.464. The lowest BCUT2D eigenvalue weighted by atomic mass is 9.95. The molecule has 2 aromatic carbocycles. The Kier molecular flexibility index (Phi) is 8.58. The molecule has 0 aliphatic heterocycles. The summed E-state index contributed by atoms with van der Waals surface area (Å²) in [6, 6.07) is 22.3. The number of amides is 1. The first-order valence-electron chi connectivity index (χ1n) is 10.4. The molecule has 162 valence electrons. The van der Waals surface area contributed by atoms with Crippen molar-refractivity contribution >= 4 is 6.09 Å². The second-order valence-electron chi connectivity index (χ2n) is 7.44. The summed E-state index contributed by atoms with van der Waals surface area (Å²) in [5.74, 6) is 0. The molecule has 0 saturated carbocycles. The van der Waals surface area contributed by atoms with Crippen LogP contribution in [0, 0.1) is 0 Å². The van der Waals surface area contributed by atoms with Crippen molar-refractivity contribution in [3.05, 3.63) is 102 Å². The molecule has 1 aromatic heterocycles. The fourth-order valence-electron chi connectivity index (χ4n) is 3.33. The van der Waals surface area contributed by atoms with Gasteiger partial charge in [-0.2, -0.15) is 0 Å². The number of nitrogens with one attached hydrogen (secondary N) is 1. The molecule has 1 heterocycles. The number of hydrogen-bond acceptors (Lipinski definition) is 5. The first-order chi connectivity index (χ1) is 15.1. The molecule has 6 nitrogen and oxygen atoms in total. The predicted octanol–water partition coefficient (Wildman–Crippen LogP) is 3.79. The van der Waals surface area contributed by atoms with Crippen LogP contribution in [0.2, 0.25) is 0 Å². The smallest absolute Gasteiger partial charge is 0.407 e. The number of pyridine rings is 1. The second kappa shape index (κ2) is 11.8. The van der Waals surface area contributed by atoms with Crippen LogP contribution in [-0.4, -0.2) is 33.5 Å². The fraction of sp³-hybridized carbons (Fsp3) is 0.280. The van der Waals surface area contributed by atoms with E-state index < -0.39 is 24.3 Å². The third-order valence-corrected chi connectivity index (χ3v) is 5.08. The minimum Gasteiger partial charge on any atom is -0.445 e. The summed E-state index contributed by atoms with van der Waals surface area (Å²) in [4.78, 5) is 16.4. The van der Waals surface area contributed by atoms with Gasteiger partial charge in [0, 0.05) is 24.4 Å². The van der Waals surface area contributed by atoms with E-state index >= 15 is 0 Å². The van der Waals surface area contributed by atoms with Crippen LogP contribution in [0.25, 0.3) is 0 Å². The Morgan fingerprint density at radius 2 is 1.58 bits per heavy atom. The molecule has 3 N–H and O–H groups in total. The highest BCUT2D eigenvalue weighted by Gasteiger charge is 2.24. The van der Waals surface area contributed by atoms with E-state index in [-0.39, 0.29) is 13.0 Å². The van der Waals surface area contributed by atoms with Crippen molar-refractivity contribution < 1.29 is 19.7 Å². The van der Waals surface area contributed by atoms with Gasteiger partial charge in [0.05, 0.1) is 18.2 Å². The molecule has 3 rings (SSSR count). The van der Waals surface area contributed by atoms with Gasteiger partial charge in [-0.1, -0.05) is 66.7 Å². The topological polar surface area (TPSA) is 91.7 Å². The van der Waals surface area contributed by atoms with Gasteiger partial charge in [0.2, 0.25) is 0 Å². The largest absolute Gasteiger partial charge is 0.445 e. The SMILES string of the molecule is O=C(NC(CC(O)C(O)CCc1ccccc1)c1ccccc1)OCc1cccnc1. The summed E-state index contributed by atoms with van der Waals surface area (Å²) in [6.07, 6.45) is 2.06. The number of aryl methyl sites for hydroxylation is 1. The monoisotopic (exact) mass is 420 g/mol. The first-order valence-corrected chi connectivity index (χ1v) is 10.4. The second-order valence-corrected chi connectivity index (χ2v) is 7.44. The van der Waals surface area contributed by atoms with Gasteiger partial charge in [-0.05, 0) is 30.0 Å². The van der Waals surface area contributed by atoms with E-state index in [4.69, 9.17) is 4.74 Å². The Morgan fingerprint density at radius 1 is 0.903 bits per heavy atom. The van der Waals surface area contributed by atoms with Crippen molar-refractivity contribution in [1.29, 1.82) is 0 Å². The molecular weight excluding hydrogens is 392 g/mol. The number of hydrogen-bond donors (Lipinski definition) is 3. The zero-order valence-electron chi connectivity index (χ0n) is 17.3. The highest BCUT2D eigenvalue weighted by Crippen LogP contribution is 2.21. The number of aromatic nitrogens is 1. The van der Waals surface area contributed by atoms with Crippen LogP contribution in [-0.2, 0) is 17.8 Å². The minimum absolute atomic E-state index is 0.101. The number of carbonyl (C=O) groups is 1. The summed E-state index contributed by atoms with van der Waals surface area (Å²) in [5, 5.41) is 23.9. The van der Waals surface area contributed by atoms with E-state index in [1.807, 2.05) is 66.7 Å². The zero-order chi connectivity index (χ0) is 21.9. The third kappa shape index (κ3) is 7.51. The zero-order valence-corrected chi connectivity index (χ0v) is 17.3. The van der Waals surface area contributed by atoms with Gasteiger partial charge in [0.1, 0.15) is 6.61 Å². The number of alkyl carbamates (subject to hydrolysis) is 1. The van der Waals surface area contributed by atoms with Gasteiger partial charge in [0.25, 0.3) is 0 Å². The first kappa shape index (κ1) is 22.5. The fourth-order valence-corrected chi connectivity index (χ4v) is 3.33. The van der Waals surface area contributed by atoms with Crippen LogP contribution in [0.15, 0.2) is 85.2 Å². The highest BCUT2D eigenvalue weighted by molar-refractivity contribution is 5.68. The Balaban J connectivity index is 1.57. The molecule has 0 fully saturated rings. The van der Waals surface area contributed by atoms with Gasteiger partial charge < -0.3 is 20.3 Å². The van der Waals surface area contributed by atoms with Crippen LogP contribution in [0.4, 0.5) is 4.79 Å². The third-order valence-electron chi connectivity index (χ3n) is 5.08. The molecule has 0 radical (unpaired) electrons. The number of ether oxygens (including phenoxy) is 1. The van der Waals surface area contributed by atoms with Crippen molar-refractivity contribution in [3.63, 3.8) is 0 Å². The van der Waals surface area contributed by atoms with Gasteiger partial charge in [-0.25, -0.2) is 4.79 Å². The summed E-state index contributed by atoms with van der Waals surface area (Å²) in [5.41, 5.74) is 2.71. The molecule has 0 aliphatic rings. The molecule has 3 aromatic rings. The Labute approximate surface area is 182 Å². The lowest BCUT2D eigenvalue weighted by Crippen LogP contribution is -2.35. The molecule has 6 heteroatoms. The van der Waals surface area contributed by atoms with Crippen LogP contribution in [0.3, 0.4) is 0 Å². The average Bonchev–Trinajstić information content (AvgIpc) is 2.82. The normalized spacial score (nSPS) is 13.7. The van der Waals surface area contributed by atoms with Crippen molar-refractivity contribution in [2.24, 2.45) is 0 Å². The molecule has 0 spiro atoms. The number of aliphatic hydroxyl groups is 2. The number of nitrogens with zero attached hydrogens (tertiary/aromatic N) is 1. The summed E-state index contributed by atoms with van der Waals surface area (Å²) in [7, 11) is 0. The number of benzene rings is 2. The Hall–Kier alpha value is -3.22. The van der Waals surface area contributed by atoms with Crippen molar-refractivity contribution in [2.75, 3.05) is 0 Å². The summed E-state index contributed by atoms with van der Waals surface area (Å²) >= 11 is 0. The van der Waals surface area contributed by atoms with Gasteiger partial charge in [-0.3, -0.25) is 4.98 Å². The van der Waals surface area contributed by atoms with Crippen molar-refractivity contribution in [2.45, 2.75) is 44.1 Å². The van der Waals surface area contributed by atoms with Gasteiger partial charge in [-0.15, -0.1) is 0 Å². The van der Waals surface area contributed by atoms with Crippen LogP contribution < -0.4 is 5.32 Å². The molecule has 3 unspecified atom stereocenters. The van der Waals surface area contributed by atoms with Crippen LogP contribution in [0.5, 0.6) is 0 Å². The van der Waals surface area contributed by atoms with E-state index in [2.05, 4.69) is 10.3 Å². The minimum atomic E-state index is -0.993.